The Labute approximate surface area is 209 Å². The lowest BCUT2D eigenvalue weighted by Gasteiger charge is -2.17. The standard InChI is InChI=1S/C27H27N7O2/c1-17-4-10-23(11-5-17)33-16-20(15-26(33)35)27(36)29-22-8-6-21(7-9-22)28-24-12-13-25(31-30-24)34-19(3)14-18(2)32-34/h4-14,20H,15-16H2,1-3H3,(H,28,30)(H,29,36). The second-order valence-electron chi connectivity index (χ2n) is 9.05. The summed E-state index contributed by atoms with van der Waals surface area (Å²) >= 11 is 0. The lowest BCUT2D eigenvalue weighted by molar-refractivity contribution is -0.122. The summed E-state index contributed by atoms with van der Waals surface area (Å²) in [6, 6.07) is 20.8. The topological polar surface area (TPSA) is 105 Å². The van der Waals surface area contributed by atoms with E-state index in [0.29, 0.717) is 23.9 Å². The van der Waals surface area contributed by atoms with Gasteiger partial charge in [-0.05, 0) is 75.4 Å². The molecule has 1 aliphatic rings. The maximum Gasteiger partial charge on any atom is 0.229 e. The molecule has 0 spiro atoms. The van der Waals surface area contributed by atoms with Crippen LogP contribution in [-0.2, 0) is 9.59 Å². The van der Waals surface area contributed by atoms with Crippen LogP contribution in [0, 0.1) is 26.7 Å². The second-order valence-corrected chi connectivity index (χ2v) is 9.05. The van der Waals surface area contributed by atoms with Crippen molar-refractivity contribution in [2.24, 2.45) is 5.92 Å². The van der Waals surface area contributed by atoms with Crippen molar-refractivity contribution in [2.75, 3.05) is 22.1 Å². The SMILES string of the molecule is Cc1ccc(N2CC(C(=O)Nc3ccc(Nc4ccc(-n5nc(C)cc5C)nn4)cc3)CC2=O)cc1. The molecule has 9 heteroatoms. The number of aryl methyl sites for hydroxylation is 3. The zero-order valence-electron chi connectivity index (χ0n) is 20.4. The van der Waals surface area contributed by atoms with Gasteiger partial charge in [0.15, 0.2) is 11.6 Å². The molecule has 36 heavy (non-hydrogen) atoms. The van der Waals surface area contributed by atoms with Gasteiger partial charge in [-0.1, -0.05) is 17.7 Å². The van der Waals surface area contributed by atoms with Crippen molar-refractivity contribution < 1.29 is 9.59 Å². The van der Waals surface area contributed by atoms with Crippen LogP contribution in [-0.4, -0.2) is 38.3 Å². The third-order valence-corrected chi connectivity index (χ3v) is 6.14. The van der Waals surface area contributed by atoms with Gasteiger partial charge in [-0.25, -0.2) is 4.68 Å². The van der Waals surface area contributed by atoms with Crippen LogP contribution in [0.2, 0.25) is 0 Å². The second kappa shape index (κ2) is 9.61. The number of aromatic nitrogens is 4. The predicted octanol–water partition coefficient (Wildman–Crippen LogP) is 4.32. The maximum atomic E-state index is 12.8. The predicted molar refractivity (Wildman–Crippen MR) is 139 cm³/mol. The number of amides is 2. The lowest BCUT2D eigenvalue weighted by atomic mass is 10.1. The molecule has 4 aromatic rings. The Morgan fingerprint density at radius 3 is 2.28 bits per heavy atom. The Hall–Kier alpha value is -4.53. The fourth-order valence-corrected chi connectivity index (χ4v) is 4.25. The van der Waals surface area contributed by atoms with Crippen LogP contribution in [0.3, 0.4) is 0 Å². The van der Waals surface area contributed by atoms with Crippen molar-refractivity contribution >= 4 is 34.7 Å². The molecular weight excluding hydrogens is 454 g/mol. The molecule has 2 N–H and O–H groups in total. The molecule has 1 atom stereocenters. The van der Waals surface area contributed by atoms with Gasteiger partial charge in [-0.15, -0.1) is 10.2 Å². The van der Waals surface area contributed by atoms with E-state index >= 15 is 0 Å². The van der Waals surface area contributed by atoms with Crippen LogP contribution < -0.4 is 15.5 Å². The number of hydrogen-bond acceptors (Lipinski definition) is 6. The van der Waals surface area contributed by atoms with Gasteiger partial charge in [0.05, 0.1) is 11.6 Å². The van der Waals surface area contributed by atoms with E-state index in [1.54, 1.807) is 9.58 Å². The Morgan fingerprint density at radius 1 is 0.917 bits per heavy atom. The molecule has 1 fully saturated rings. The van der Waals surface area contributed by atoms with Gasteiger partial charge in [0.1, 0.15) is 0 Å². The van der Waals surface area contributed by atoms with Gasteiger partial charge in [0.2, 0.25) is 11.8 Å². The van der Waals surface area contributed by atoms with Gasteiger partial charge < -0.3 is 15.5 Å². The van der Waals surface area contributed by atoms with Crippen molar-refractivity contribution in [3.8, 4) is 5.82 Å². The summed E-state index contributed by atoms with van der Waals surface area (Å²) in [6.45, 7) is 6.28. The first-order valence-electron chi connectivity index (χ1n) is 11.8. The van der Waals surface area contributed by atoms with E-state index in [-0.39, 0.29) is 18.2 Å². The largest absolute Gasteiger partial charge is 0.339 e. The number of carbonyl (C=O) groups excluding carboxylic acids is 2. The minimum absolute atomic E-state index is 0.0384. The van der Waals surface area contributed by atoms with E-state index in [9.17, 15) is 9.59 Å². The smallest absolute Gasteiger partial charge is 0.229 e. The average Bonchev–Trinajstić information content (AvgIpc) is 3.42. The Morgan fingerprint density at radius 2 is 1.64 bits per heavy atom. The Balaban J connectivity index is 1.18. The lowest BCUT2D eigenvalue weighted by Crippen LogP contribution is -2.28. The Bertz CT molecular complexity index is 1390. The summed E-state index contributed by atoms with van der Waals surface area (Å²) in [5, 5.41) is 19.0. The number of nitrogens with one attached hydrogen (secondary N) is 2. The third-order valence-electron chi connectivity index (χ3n) is 6.14. The molecule has 2 amide bonds. The number of nitrogens with zero attached hydrogens (tertiary/aromatic N) is 5. The number of anilines is 4. The van der Waals surface area contributed by atoms with Crippen molar-refractivity contribution in [1.29, 1.82) is 0 Å². The molecule has 182 valence electrons. The van der Waals surface area contributed by atoms with Gasteiger partial charge in [0, 0.05) is 35.7 Å². The summed E-state index contributed by atoms with van der Waals surface area (Å²) in [6.07, 6.45) is 0.200. The molecular formula is C27H27N7O2. The van der Waals surface area contributed by atoms with Crippen molar-refractivity contribution in [3.63, 3.8) is 0 Å². The fourth-order valence-electron chi connectivity index (χ4n) is 4.25. The Kier molecular flexibility index (Phi) is 6.20. The minimum atomic E-state index is -0.396. The van der Waals surface area contributed by atoms with Crippen molar-refractivity contribution in [3.05, 3.63) is 83.7 Å². The first-order valence-corrected chi connectivity index (χ1v) is 11.8. The van der Waals surface area contributed by atoms with E-state index in [1.165, 1.54) is 0 Å². The van der Waals surface area contributed by atoms with E-state index in [0.717, 1.165) is 28.3 Å². The highest BCUT2D eigenvalue weighted by atomic mass is 16.2. The van der Waals surface area contributed by atoms with Gasteiger partial charge in [0.25, 0.3) is 0 Å². The zero-order valence-corrected chi connectivity index (χ0v) is 20.4. The van der Waals surface area contributed by atoms with Crippen LogP contribution >= 0.6 is 0 Å². The quantitative estimate of drug-likeness (QED) is 0.425. The van der Waals surface area contributed by atoms with Gasteiger partial charge >= 0.3 is 0 Å². The van der Waals surface area contributed by atoms with Crippen LogP contribution in [0.5, 0.6) is 0 Å². The minimum Gasteiger partial charge on any atom is -0.339 e. The summed E-state index contributed by atoms with van der Waals surface area (Å²) in [7, 11) is 0. The molecule has 5 rings (SSSR count). The molecule has 2 aromatic heterocycles. The normalized spacial score (nSPS) is 15.2. The molecule has 0 radical (unpaired) electrons. The number of hydrogen-bond donors (Lipinski definition) is 2. The molecule has 3 heterocycles. The monoisotopic (exact) mass is 481 g/mol. The summed E-state index contributed by atoms with van der Waals surface area (Å²) in [4.78, 5) is 27.0. The highest BCUT2D eigenvalue weighted by molar-refractivity contribution is 6.03. The third kappa shape index (κ3) is 4.95. The maximum absolute atomic E-state index is 12.8. The molecule has 1 saturated heterocycles. The molecule has 0 saturated carbocycles. The van der Waals surface area contributed by atoms with Gasteiger partial charge in [-0.2, -0.15) is 5.10 Å². The van der Waals surface area contributed by atoms with E-state index in [2.05, 4.69) is 25.9 Å². The van der Waals surface area contributed by atoms with Gasteiger partial charge in [-0.3, -0.25) is 9.59 Å². The fraction of sp³-hybridized carbons (Fsp3) is 0.222. The number of benzene rings is 2. The van der Waals surface area contributed by atoms with Crippen LogP contribution in [0.4, 0.5) is 22.9 Å². The highest BCUT2D eigenvalue weighted by Gasteiger charge is 2.35. The zero-order chi connectivity index (χ0) is 25.2. The van der Waals surface area contributed by atoms with Crippen molar-refractivity contribution in [1.82, 2.24) is 20.0 Å². The van der Waals surface area contributed by atoms with E-state index in [1.807, 2.05) is 87.5 Å². The van der Waals surface area contributed by atoms with Crippen LogP contribution in [0.25, 0.3) is 5.82 Å². The van der Waals surface area contributed by atoms with E-state index in [4.69, 9.17) is 0 Å². The molecule has 0 bridgehead atoms. The summed E-state index contributed by atoms with van der Waals surface area (Å²) in [5.41, 5.74) is 5.33. The first kappa shape index (κ1) is 23.2. The molecule has 1 unspecified atom stereocenters. The molecule has 9 nitrogen and oxygen atoms in total. The summed E-state index contributed by atoms with van der Waals surface area (Å²) in [5.74, 6) is 0.647. The molecule has 1 aliphatic heterocycles. The first-order chi connectivity index (χ1) is 17.4. The van der Waals surface area contributed by atoms with Crippen LogP contribution in [0.15, 0.2) is 66.7 Å². The average molecular weight is 482 g/mol. The number of carbonyl (C=O) groups is 2. The number of rotatable bonds is 6. The van der Waals surface area contributed by atoms with Crippen LogP contribution in [0.1, 0.15) is 23.4 Å². The van der Waals surface area contributed by atoms with E-state index < -0.39 is 5.92 Å². The highest BCUT2D eigenvalue weighted by Crippen LogP contribution is 2.27. The molecule has 0 aliphatic carbocycles. The molecule has 2 aromatic carbocycles. The van der Waals surface area contributed by atoms with Crippen molar-refractivity contribution in [2.45, 2.75) is 27.2 Å². The summed E-state index contributed by atoms with van der Waals surface area (Å²) < 4.78 is 1.75.